The highest BCUT2D eigenvalue weighted by atomic mass is 19.1. The minimum Gasteiger partial charge on any atom is -0.442 e. The predicted octanol–water partition coefficient (Wildman–Crippen LogP) is 0.830. The first-order chi connectivity index (χ1) is 20.6. The fourth-order valence-corrected chi connectivity index (χ4v) is 4.95. The van der Waals surface area contributed by atoms with Crippen molar-refractivity contribution in [2.75, 3.05) is 49.1 Å². The zero-order valence-electron chi connectivity index (χ0n) is 23.0. The highest BCUT2D eigenvalue weighted by Gasteiger charge is 2.35. The summed E-state index contributed by atoms with van der Waals surface area (Å²) in [5.74, 6) is -3.24. The Kier molecular flexibility index (Phi) is 8.32. The molecule has 3 aromatic rings. The Bertz CT molecular complexity index is 1560. The number of anilines is 2. The topological polar surface area (TPSA) is 165 Å². The van der Waals surface area contributed by atoms with Gasteiger partial charge in [0.05, 0.1) is 37.5 Å². The van der Waals surface area contributed by atoms with Gasteiger partial charge in [0.2, 0.25) is 11.8 Å². The number of nitrogens with one attached hydrogen (secondary N) is 2. The van der Waals surface area contributed by atoms with Gasteiger partial charge in [0.1, 0.15) is 23.5 Å². The molecule has 2 fully saturated rings. The molecule has 0 saturated carbocycles. The maximum Gasteiger partial charge on any atom is 0.414 e. The molecule has 2 unspecified atom stereocenters. The van der Waals surface area contributed by atoms with E-state index >= 15 is 8.78 Å². The Morgan fingerprint density at radius 2 is 1.91 bits per heavy atom. The van der Waals surface area contributed by atoms with Crippen LogP contribution in [0, 0.1) is 23.0 Å². The number of cyclic esters (lactones) is 1. The third-order valence-electron chi connectivity index (χ3n) is 7.07. The highest BCUT2D eigenvalue weighted by Crippen LogP contribution is 2.31. The summed E-state index contributed by atoms with van der Waals surface area (Å²) in [6.07, 6.45) is 4.35. The van der Waals surface area contributed by atoms with Crippen LogP contribution >= 0.6 is 0 Å². The maximum atomic E-state index is 15.2. The van der Waals surface area contributed by atoms with Gasteiger partial charge in [0, 0.05) is 63.8 Å². The average Bonchev–Trinajstić information content (AvgIpc) is 3.59. The molecule has 1 aromatic carbocycles. The molecule has 2 atom stereocenters. The van der Waals surface area contributed by atoms with Crippen LogP contribution in [0.1, 0.15) is 23.8 Å². The number of aromatic nitrogens is 3. The molecule has 4 heterocycles. The molecule has 2 aliphatic rings. The molecule has 2 N–H and O–H groups in total. The standard InChI is InChI=1S/C27H27F2N9O5/c1-16(39)32-12-18-14-38(27(42)43-18)17-10-19(28)24(20(29)11-17)35-6-8-36(9-7-35)26(41)21(2-3-30)34-25(40)22-15-37-5-4-31-13-23(37)33-22/h4-5,10-11,13,15,18,21H,2,6-9,12,14H2,1H3,(H,32,39)(H,34,40). The van der Waals surface area contributed by atoms with E-state index in [0.29, 0.717) is 5.65 Å². The van der Waals surface area contributed by atoms with Gasteiger partial charge in [-0.3, -0.25) is 24.3 Å². The number of benzene rings is 1. The van der Waals surface area contributed by atoms with Gasteiger partial charge in [0.15, 0.2) is 17.3 Å². The van der Waals surface area contributed by atoms with Gasteiger partial charge in [-0.05, 0) is 0 Å². The summed E-state index contributed by atoms with van der Waals surface area (Å²) in [5.41, 5.74) is 0.153. The fraction of sp³-hybridized carbons (Fsp3) is 0.370. The predicted molar refractivity (Wildman–Crippen MR) is 146 cm³/mol. The van der Waals surface area contributed by atoms with E-state index in [1.165, 1.54) is 35.3 Å². The Morgan fingerprint density at radius 3 is 2.56 bits per heavy atom. The molecule has 5 rings (SSSR count). The quantitative estimate of drug-likeness (QED) is 0.384. The monoisotopic (exact) mass is 595 g/mol. The van der Waals surface area contributed by atoms with Gasteiger partial charge in [-0.25, -0.2) is 18.6 Å². The number of imidazole rings is 1. The van der Waals surface area contributed by atoms with E-state index in [1.807, 2.05) is 6.07 Å². The number of nitrogens with zero attached hydrogens (tertiary/aromatic N) is 7. The molecule has 0 bridgehead atoms. The lowest BCUT2D eigenvalue weighted by molar-refractivity contribution is -0.133. The number of hydrogen-bond acceptors (Lipinski definition) is 9. The molecule has 2 aliphatic heterocycles. The number of carbonyl (C=O) groups excluding carboxylic acids is 4. The maximum absolute atomic E-state index is 15.2. The summed E-state index contributed by atoms with van der Waals surface area (Å²) in [6, 6.07) is 2.83. The van der Waals surface area contributed by atoms with E-state index in [9.17, 15) is 24.4 Å². The number of halogens is 2. The van der Waals surface area contributed by atoms with Crippen molar-refractivity contribution in [2.45, 2.75) is 25.5 Å². The minimum atomic E-state index is -1.14. The lowest BCUT2D eigenvalue weighted by Crippen LogP contribution is -2.55. The van der Waals surface area contributed by atoms with Crippen LogP contribution in [0.25, 0.3) is 5.65 Å². The molecule has 14 nitrogen and oxygen atoms in total. The number of nitriles is 1. The van der Waals surface area contributed by atoms with Crippen LogP contribution in [0.3, 0.4) is 0 Å². The molecule has 2 saturated heterocycles. The van der Waals surface area contributed by atoms with Crippen LogP contribution in [0.2, 0.25) is 0 Å². The molecule has 16 heteroatoms. The van der Waals surface area contributed by atoms with Crippen LogP contribution in [0.4, 0.5) is 25.0 Å². The number of amides is 4. The number of carbonyl (C=O) groups is 4. The third-order valence-corrected chi connectivity index (χ3v) is 7.07. The van der Waals surface area contributed by atoms with E-state index in [2.05, 4.69) is 20.6 Å². The number of piperazine rings is 1. The summed E-state index contributed by atoms with van der Waals surface area (Å²) in [4.78, 5) is 61.5. The van der Waals surface area contributed by atoms with Crippen molar-refractivity contribution in [2.24, 2.45) is 0 Å². The molecule has 0 spiro atoms. The van der Waals surface area contributed by atoms with Crippen molar-refractivity contribution in [3.05, 3.63) is 54.2 Å². The second kappa shape index (κ2) is 12.3. The van der Waals surface area contributed by atoms with Gasteiger partial charge in [-0.15, -0.1) is 0 Å². The normalized spacial score (nSPS) is 17.4. The molecular formula is C27H27F2N9O5. The third kappa shape index (κ3) is 6.30. The highest BCUT2D eigenvalue weighted by molar-refractivity contribution is 5.96. The lowest BCUT2D eigenvalue weighted by atomic mass is 10.1. The van der Waals surface area contributed by atoms with Crippen LogP contribution in [-0.2, 0) is 14.3 Å². The summed E-state index contributed by atoms with van der Waals surface area (Å²) < 4.78 is 37.2. The van der Waals surface area contributed by atoms with Crippen molar-refractivity contribution >= 4 is 40.8 Å². The van der Waals surface area contributed by atoms with Gasteiger partial charge in [0.25, 0.3) is 5.91 Å². The van der Waals surface area contributed by atoms with E-state index in [4.69, 9.17) is 4.74 Å². The minimum absolute atomic E-state index is 0.00683. The summed E-state index contributed by atoms with van der Waals surface area (Å²) >= 11 is 0. The molecule has 43 heavy (non-hydrogen) atoms. The summed E-state index contributed by atoms with van der Waals surface area (Å²) in [5, 5.41) is 14.4. The molecule has 224 valence electrons. The van der Waals surface area contributed by atoms with Gasteiger partial charge < -0.3 is 29.6 Å². The Balaban J connectivity index is 1.21. The van der Waals surface area contributed by atoms with Crippen molar-refractivity contribution in [1.29, 1.82) is 5.26 Å². The molecule has 0 radical (unpaired) electrons. The zero-order chi connectivity index (χ0) is 30.7. The van der Waals surface area contributed by atoms with Crippen molar-refractivity contribution in [1.82, 2.24) is 29.9 Å². The summed E-state index contributed by atoms with van der Waals surface area (Å²) in [7, 11) is 0. The number of fused-ring (bicyclic) bond motifs is 1. The SMILES string of the molecule is CC(=O)NCC1CN(c2cc(F)c(N3CCN(C(=O)C(CC#N)NC(=O)c4cn5ccncc5n4)CC3)c(F)c2)C(=O)O1. The Labute approximate surface area is 243 Å². The number of hydrogen-bond donors (Lipinski definition) is 2. The van der Waals surface area contributed by atoms with Crippen LogP contribution in [-0.4, -0.2) is 94.5 Å². The average molecular weight is 596 g/mol. The smallest absolute Gasteiger partial charge is 0.414 e. The second-order valence-corrected chi connectivity index (χ2v) is 9.98. The van der Waals surface area contributed by atoms with Crippen molar-refractivity contribution in [3.8, 4) is 6.07 Å². The van der Waals surface area contributed by atoms with Crippen molar-refractivity contribution < 1.29 is 32.7 Å². The van der Waals surface area contributed by atoms with E-state index in [0.717, 1.165) is 17.0 Å². The number of rotatable bonds is 8. The first-order valence-electron chi connectivity index (χ1n) is 13.4. The van der Waals surface area contributed by atoms with Crippen LogP contribution in [0.5, 0.6) is 0 Å². The Morgan fingerprint density at radius 1 is 1.19 bits per heavy atom. The van der Waals surface area contributed by atoms with Gasteiger partial charge in [-0.1, -0.05) is 0 Å². The zero-order valence-corrected chi connectivity index (χ0v) is 23.0. The molecular weight excluding hydrogens is 568 g/mol. The van der Waals surface area contributed by atoms with E-state index in [-0.39, 0.29) is 68.7 Å². The van der Waals surface area contributed by atoms with Crippen molar-refractivity contribution in [3.63, 3.8) is 0 Å². The Hall–Kier alpha value is -5.33. The van der Waals surface area contributed by atoms with Crippen LogP contribution < -0.4 is 20.4 Å². The molecule has 2 aromatic heterocycles. The summed E-state index contributed by atoms with van der Waals surface area (Å²) in [6.45, 7) is 1.72. The first kappa shape index (κ1) is 29.2. The molecule has 4 amide bonds. The second-order valence-electron chi connectivity index (χ2n) is 9.98. The van der Waals surface area contributed by atoms with Crippen LogP contribution in [0.15, 0.2) is 36.9 Å². The van der Waals surface area contributed by atoms with Gasteiger partial charge >= 0.3 is 6.09 Å². The lowest BCUT2D eigenvalue weighted by Gasteiger charge is -2.37. The fourth-order valence-electron chi connectivity index (χ4n) is 4.95. The molecule has 0 aliphatic carbocycles. The largest absolute Gasteiger partial charge is 0.442 e. The van der Waals surface area contributed by atoms with E-state index < -0.39 is 41.7 Å². The van der Waals surface area contributed by atoms with E-state index in [1.54, 1.807) is 10.6 Å². The first-order valence-corrected chi connectivity index (χ1v) is 13.4. The number of ether oxygens (including phenoxy) is 1. The van der Waals surface area contributed by atoms with Gasteiger partial charge in [-0.2, -0.15) is 5.26 Å².